The zero-order valence-corrected chi connectivity index (χ0v) is 11.6. The summed E-state index contributed by atoms with van der Waals surface area (Å²) in [5.41, 5.74) is 0. The molecule has 1 aromatic heterocycles. The molecule has 0 saturated heterocycles. The van der Waals surface area contributed by atoms with E-state index < -0.39 is 0 Å². The molecule has 0 aliphatic carbocycles. The van der Waals surface area contributed by atoms with Crippen molar-refractivity contribution in [3.05, 3.63) is 18.2 Å². The Balaban J connectivity index is 2.62. The van der Waals surface area contributed by atoms with Crippen LogP contribution in [0.25, 0.3) is 0 Å². The number of halogens is 1. The normalized spacial score (nSPS) is 14.2. The van der Waals surface area contributed by atoms with Gasteiger partial charge in [0.05, 0.1) is 6.61 Å². The van der Waals surface area contributed by atoms with E-state index in [1.165, 1.54) is 0 Å². The van der Waals surface area contributed by atoms with Gasteiger partial charge in [-0.2, -0.15) is 4.98 Å². The molecule has 3 nitrogen and oxygen atoms in total. The standard InChI is InChI=1S/C12H19BrN2O/c1-4-16-12-7-5-6-11(15-12)14-10(3)9(2)8-13/h5-7,9-10H,4,8H2,1-3H3,(H,14,15). The second-order valence-electron chi connectivity index (χ2n) is 3.86. The predicted octanol–water partition coefficient (Wildman–Crippen LogP) is 3.31. The van der Waals surface area contributed by atoms with E-state index in [9.17, 15) is 0 Å². The second kappa shape index (κ2) is 6.74. The number of ether oxygens (including phenoxy) is 1. The van der Waals surface area contributed by atoms with Crippen molar-refractivity contribution in [1.82, 2.24) is 4.98 Å². The maximum Gasteiger partial charge on any atom is 0.215 e. The molecule has 0 bridgehead atoms. The molecule has 0 aromatic carbocycles. The number of rotatable bonds is 6. The lowest BCUT2D eigenvalue weighted by molar-refractivity contribution is 0.327. The van der Waals surface area contributed by atoms with Crippen molar-refractivity contribution in [2.75, 3.05) is 17.3 Å². The van der Waals surface area contributed by atoms with E-state index in [2.05, 4.69) is 40.1 Å². The highest BCUT2D eigenvalue weighted by atomic mass is 79.9. The van der Waals surface area contributed by atoms with Crippen LogP contribution in [0.2, 0.25) is 0 Å². The summed E-state index contributed by atoms with van der Waals surface area (Å²) >= 11 is 3.48. The minimum atomic E-state index is 0.378. The summed E-state index contributed by atoms with van der Waals surface area (Å²) < 4.78 is 5.35. The minimum Gasteiger partial charge on any atom is -0.478 e. The maximum absolute atomic E-state index is 5.35. The highest BCUT2D eigenvalue weighted by Gasteiger charge is 2.11. The van der Waals surface area contributed by atoms with E-state index >= 15 is 0 Å². The Morgan fingerprint density at radius 3 is 2.81 bits per heavy atom. The van der Waals surface area contributed by atoms with Gasteiger partial charge in [-0.3, -0.25) is 0 Å². The number of alkyl halides is 1. The molecule has 16 heavy (non-hydrogen) atoms. The quantitative estimate of drug-likeness (QED) is 0.815. The average Bonchev–Trinajstić information content (AvgIpc) is 2.29. The number of anilines is 1. The Bertz CT molecular complexity index is 320. The first-order chi connectivity index (χ1) is 7.67. The first-order valence-corrected chi connectivity index (χ1v) is 6.71. The largest absolute Gasteiger partial charge is 0.478 e. The fraction of sp³-hybridized carbons (Fsp3) is 0.583. The molecule has 1 heterocycles. The molecule has 0 saturated carbocycles. The molecule has 0 fully saturated rings. The second-order valence-corrected chi connectivity index (χ2v) is 4.51. The molecule has 1 aromatic rings. The summed E-state index contributed by atoms with van der Waals surface area (Å²) in [6, 6.07) is 6.16. The Morgan fingerprint density at radius 1 is 1.44 bits per heavy atom. The summed E-state index contributed by atoms with van der Waals surface area (Å²) in [7, 11) is 0. The minimum absolute atomic E-state index is 0.378. The highest BCUT2D eigenvalue weighted by molar-refractivity contribution is 9.09. The molecule has 2 atom stereocenters. The van der Waals surface area contributed by atoms with E-state index in [-0.39, 0.29) is 0 Å². The number of nitrogens with zero attached hydrogens (tertiary/aromatic N) is 1. The number of nitrogens with one attached hydrogen (secondary N) is 1. The van der Waals surface area contributed by atoms with Crippen molar-refractivity contribution < 1.29 is 4.74 Å². The van der Waals surface area contributed by atoms with Gasteiger partial charge in [0.15, 0.2) is 0 Å². The van der Waals surface area contributed by atoms with E-state index in [0.717, 1.165) is 11.1 Å². The molecule has 0 aliphatic rings. The fourth-order valence-electron chi connectivity index (χ4n) is 1.23. The summed E-state index contributed by atoms with van der Waals surface area (Å²) in [5.74, 6) is 2.09. The Hall–Kier alpha value is -0.770. The van der Waals surface area contributed by atoms with Gasteiger partial charge in [0, 0.05) is 17.4 Å². The third-order valence-corrected chi connectivity index (χ3v) is 3.51. The fourth-order valence-corrected chi connectivity index (χ4v) is 1.79. The van der Waals surface area contributed by atoms with Crippen molar-refractivity contribution in [3.8, 4) is 5.88 Å². The van der Waals surface area contributed by atoms with Gasteiger partial charge >= 0.3 is 0 Å². The zero-order chi connectivity index (χ0) is 12.0. The molecular weight excluding hydrogens is 268 g/mol. The number of hydrogen-bond acceptors (Lipinski definition) is 3. The highest BCUT2D eigenvalue weighted by Crippen LogP contribution is 2.15. The van der Waals surface area contributed by atoms with Gasteiger partial charge in [-0.15, -0.1) is 0 Å². The van der Waals surface area contributed by atoms with Crippen molar-refractivity contribution in [2.24, 2.45) is 5.92 Å². The van der Waals surface area contributed by atoms with Crippen LogP contribution in [0.15, 0.2) is 18.2 Å². The first kappa shape index (κ1) is 13.3. The smallest absolute Gasteiger partial charge is 0.215 e. The summed E-state index contributed by atoms with van der Waals surface area (Å²) in [6.07, 6.45) is 0. The van der Waals surface area contributed by atoms with Gasteiger partial charge in [-0.1, -0.05) is 28.9 Å². The Morgan fingerprint density at radius 2 is 2.19 bits per heavy atom. The van der Waals surface area contributed by atoms with Gasteiger partial charge in [0.2, 0.25) is 5.88 Å². The van der Waals surface area contributed by atoms with Crippen LogP contribution in [-0.2, 0) is 0 Å². The van der Waals surface area contributed by atoms with Crippen LogP contribution in [0.1, 0.15) is 20.8 Å². The molecule has 1 rings (SSSR count). The van der Waals surface area contributed by atoms with Crippen molar-refractivity contribution in [3.63, 3.8) is 0 Å². The van der Waals surface area contributed by atoms with E-state index in [4.69, 9.17) is 4.74 Å². The summed E-state index contributed by atoms with van der Waals surface area (Å²) in [6.45, 7) is 6.95. The SMILES string of the molecule is CCOc1cccc(NC(C)C(C)CBr)n1. The first-order valence-electron chi connectivity index (χ1n) is 5.59. The molecule has 4 heteroatoms. The van der Waals surface area contributed by atoms with Crippen LogP contribution in [0.3, 0.4) is 0 Å². The number of aromatic nitrogens is 1. The van der Waals surface area contributed by atoms with E-state index in [1.807, 2.05) is 25.1 Å². The van der Waals surface area contributed by atoms with Crippen LogP contribution in [0, 0.1) is 5.92 Å². The number of pyridine rings is 1. The van der Waals surface area contributed by atoms with Crippen molar-refractivity contribution in [1.29, 1.82) is 0 Å². The lowest BCUT2D eigenvalue weighted by atomic mass is 10.1. The average molecular weight is 287 g/mol. The zero-order valence-electron chi connectivity index (χ0n) is 10.0. The van der Waals surface area contributed by atoms with Crippen molar-refractivity contribution >= 4 is 21.7 Å². The van der Waals surface area contributed by atoms with Gasteiger partial charge in [0.1, 0.15) is 5.82 Å². The van der Waals surface area contributed by atoms with E-state index in [1.54, 1.807) is 0 Å². The third-order valence-electron chi connectivity index (χ3n) is 2.49. The summed E-state index contributed by atoms with van der Waals surface area (Å²) in [4.78, 5) is 4.37. The van der Waals surface area contributed by atoms with Gasteiger partial charge in [-0.05, 0) is 25.8 Å². The third kappa shape index (κ3) is 4.00. The molecule has 2 unspecified atom stereocenters. The van der Waals surface area contributed by atoms with Crippen LogP contribution in [-0.4, -0.2) is 23.0 Å². The number of hydrogen-bond donors (Lipinski definition) is 1. The van der Waals surface area contributed by atoms with E-state index in [0.29, 0.717) is 24.4 Å². The maximum atomic E-state index is 5.35. The topological polar surface area (TPSA) is 34.1 Å². The lowest BCUT2D eigenvalue weighted by Crippen LogP contribution is -2.25. The molecule has 0 radical (unpaired) electrons. The molecule has 0 spiro atoms. The monoisotopic (exact) mass is 286 g/mol. The summed E-state index contributed by atoms with van der Waals surface area (Å²) in [5, 5.41) is 4.35. The Kier molecular flexibility index (Phi) is 5.60. The van der Waals surface area contributed by atoms with Crippen LogP contribution in [0.5, 0.6) is 5.88 Å². The molecular formula is C12H19BrN2O. The molecule has 90 valence electrons. The van der Waals surface area contributed by atoms with Crippen LogP contribution in [0.4, 0.5) is 5.82 Å². The molecule has 1 N–H and O–H groups in total. The van der Waals surface area contributed by atoms with Gasteiger partial charge in [-0.25, -0.2) is 0 Å². The Labute approximate surface area is 106 Å². The lowest BCUT2D eigenvalue weighted by Gasteiger charge is -2.20. The van der Waals surface area contributed by atoms with Crippen LogP contribution < -0.4 is 10.1 Å². The molecule has 0 amide bonds. The predicted molar refractivity (Wildman–Crippen MR) is 71.4 cm³/mol. The van der Waals surface area contributed by atoms with Crippen LogP contribution >= 0.6 is 15.9 Å². The molecule has 0 aliphatic heterocycles. The van der Waals surface area contributed by atoms with Crippen molar-refractivity contribution in [2.45, 2.75) is 26.8 Å². The van der Waals surface area contributed by atoms with Gasteiger partial charge < -0.3 is 10.1 Å². The van der Waals surface area contributed by atoms with Gasteiger partial charge in [0.25, 0.3) is 0 Å².